The summed E-state index contributed by atoms with van der Waals surface area (Å²) >= 11 is 0. The van der Waals surface area contributed by atoms with E-state index < -0.39 is 5.82 Å². The highest BCUT2D eigenvalue weighted by Gasteiger charge is 2.40. The van der Waals surface area contributed by atoms with Crippen molar-refractivity contribution >= 4 is 18.3 Å². The molecule has 6 nitrogen and oxygen atoms in total. The molecule has 1 aromatic heterocycles. The maximum absolute atomic E-state index is 13.1. The van der Waals surface area contributed by atoms with Crippen molar-refractivity contribution in [2.45, 2.75) is 44.2 Å². The average Bonchev–Trinajstić information content (AvgIpc) is 2.63. The number of carbonyl (C=O) groups is 1. The van der Waals surface area contributed by atoms with Crippen molar-refractivity contribution < 1.29 is 9.18 Å². The summed E-state index contributed by atoms with van der Waals surface area (Å²) in [6.45, 7) is 0. The van der Waals surface area contributed by atoms with Crippen LogP contribution in [0.3, 0.4) is 0 Å². The molecule has 0 saturated heterocycles. The number of amides is 1. The van der Waals surface area contributed by atoms with Gasteiger partial charge in [0.15, 0.2) is 0 Å². The van der Waals surface area contributed by atoms with E-state index >= 15 is 0 Å². The van der Waals surface area contributed by atoms with Crippen molar-refractivity contribution in [3.8, 4) is 5.69 Å². The molecule has 0 aliphatic heterocycles. The first kappa shape index (κ1) is 20.5. The topological polar surface area (TPSA) is 90.0 Å². The van der Waals surface area contributed by atoms with Crippen LogP contribution in [0, 0.1) is 17.7 Å². The van der Waals surface area contributed by atoms with Crippen molar-refractivity contribution in [1.82, 2.24) is 15.1 Å². The Bertz CT molecular complexity index is 888. The summed E-state index contributed by atoms with van der Waals surface area (Å²) in [6, 6.07) is 8.48. The van der Waals surface area contributed by atoms with Gasteiger partial charge in [0.2, 0.25) is 0 Å². The monoisotopic (exact) mass is 406 g/mol. The predicted molar refractivity (Wildman–Crippen MR) is 106 cm³/mol. The lowest BCUT2D eigenvalue weighted by atomic mass is 9.67. The molecule has 28 heavy (non-hydrogen) atoms. The van der Waals surface area contributed by atoms with Crippen molar-refractivity contribution in [2.75, 3.05) is 0 Å². The Labute approximate surface area is 168 Å². The minimum atomic E-state index is -0.400. The number of nitrogens with two attached hydrogens (primary N) is 1. The summed E-state index contributed by atoms with van der Waals surface area (Å²) in [6.07, 6.45) is 5.21. The Hall–Kier alpha value is -2.25. The lowest BCUT2D eigenvalue weighted by Gasteiger charge is -2.45. The zero-order valence-electron chi connectivity index (χ0n) is 15.4. The quantitative estimate of drug-likeness (QED) is 0.819. The molecule has 8 heteroatoms. The van der Waals surface area contributed by atoms with Crippen LogP contribution in [0.15, 0.2) is 41.2 Å². The lowest BCUT2D eigenvalue weighted by molar-refractivity contribution is 0.0750. The van der Waals surface area contributed by atoms with Gasteiger partial charge in [-0.3, -0.25) is 9.59 Å². The molecular weight excluding hydrogens is 383 g/mol. The first-order valence-corrected chi connectivity index (χ1v) is 9.44. The number of hydrogen-bond acceptors (Lipinski definition) is 4. The second kappa shape index (κ2) is 8.41. The Morgan fingerprint density at radius 2 is 1.75 bits per heavy atom. The first-order chi connectivity index (χ1) is 13.0. The number of nitrogens with one attached hydrogen (secondary N) is 1. The first-order valence-electron chi connectivity index (χ1n) is 9.44. The van der Waals surface area contributed by atoms with Gasteiger partial charge in [0.25, 0.3) is 11.5 Å². The molecule has 2 unspecified atom stereocenters. The van der Waals surface area contributed by atoms with Gasteiger partial charge in [-0.05, 0) is 67.9 Å². The van der Waals surface area contributed by atoms with Gasteiger partial charge in [-0.1, -0.05) is 6.42 Å². The van der Waals surface area contributed by atoms with Gasteiger partial charge in [-0.2, -0.15) is 9.78 Å². The Kier molecular flexibility index (Phi) is 6.15. The molecule has 3 N–H and O–H groups in total. The third-order valence-electron chi connectivity index (χ3n) is 5.78. The molecule has 2 atom stereocenters. The third-order valence-corrected chi connectivity index (χ3v) is 5.78. The fourth-order valence-electron chi connectivity index (χ4n) is 4.55. The van der Waals surface area contributed by atoms with Crippen LogP contribution >= 0.6 is 12.4 Å². The fourth-order valence-corrected chi connectivity index (χ4v) is 4.55. The van der Waals surface area contributed by atoms with E-state index in [1.807, 2.05) is 0 Å². The molecule has 2 aliphatic carbocycles. The molecule has 2 bridgehead atoms. The van der Waals surface area contributed by atoms with Crippen molar-refractivity contribution in [3.63, 3.8) is 0 Å². The predicted octanol–water partition coefficient (Wildman–Crippen LogP) is 2.43. The van der Waals surface area contributed by atoms with Gasteiger partial charge in [-0.25, -0.2) is 4.39 Å². The molecular formula is C20H24ClFN4O2. The molecule has 2 fully saturated rings. The molecule has 2 aromatic rings. The summed E-state index contributed by atoms with van der Waals surface area (Å²) in [5, 5.41) is 7.32. The molecule has 1 amide bonds. The Morgan fingerprint density at radius 3 is 2.39 bits per heavy atom. The summed E-state index contributed by atoms with van der Waals surface area (Å²) in [4.78, 5) is 24.9. The maximum atomic E-state index is 13.1. The van der Waals surface area contributed by atoms with E-state index in [0.29, 0.717) is 17.5 Å². The Morgan fingerprint density at radius 1 is 1.11 bits per heavy atom. The molecule has 0 spiro atoms. The van der Waals surface area contributed by atoms with Crippen LogP contribution < -0.4 is 16.6 Å². The largest absolute Gasteiger partial charge is 0.347 e. The highest BCUT2D eigenvalue weighted by Crippen LogP contribution is 2.39. The summed E-state index contributed by atoms with van der Waals surface area (Å²) in [5.41, 5.74) is 6.36. The van der Waals surface area contributed by atoms with Gasteiger partial charge in [0.05, 0.1) is 5.69 Å². The molecule has 1 aromatic carbocycles. The van der Waals surface area contributed by atoms with Gasteiger partial charge in [0, 0.05) is 18.2 Å². The van der Waals surface area contributed by atoms with E-state index in [1.54, 1.807) is 0 Å². The van der Waals surface area contributed by atoms with Crippen LogP contribution in [0.5, 0.6) is 0 Å². The van der Waals surface area contributed by atoms with Crippen molar-refractivity contribution in [2.24, 2.45) is 17.6 Å². The van der Waals surface area contributed by atoms with E-state index in [4.69, 9.17) is 5.73 Å². The molecule has 4 rings (SSSR count). The van der Waals surface area contributed by atoms with E-state index in [9.17, 15) is 14.0 Å². The molecule has 1 heterocycles. The standard InChI is InChI=1S/C20H23FN4O2.ClH/c21-14-4-6-16(7-5-14)25-18(26)9-8-17(24-25)20(27)23-19-12-2-1-3-13(19)11-15(22)10-12;/h4-9,12-13,15,19H,1-3,10-11,22H2,(H,23,27);1H. The maximum Gasteiger partial charge on any atom is 0.271 e. The summed E-state index contributed by atoms with van der Waals surface area (Å²) < 4.78 is 14.2. The van der Waals surface area contributed by atoms with Gasteiger partial charge >= 0.3 is 0 Å². The number of aromatic nitrogens is 2. The SMILES string of the molecule is Cl.NC1CC2CCCC(C1)C2NC(=O)c1ccc(=O)n(-c2ccc(F)cc2)n1. The molecule has 2 aliphatic rings. The smallest absolute Gasteiger partial charge is 0.271 e. The summed E-state index contributed by atoms with van der Waals surface area (Å²) in [5.74, 6) is 0.116. The number of hydrogen-bond donors (Lipinski definition) is 2. The number of benzene rings is 1. The van der Waals surface area contributed by atoms with Crippen molar-refractivity contribution in [1.29, 1.82) is 0 Å². The number of carbonyl (C=O) groups excluding carboxylic acids is 1. The number of nitrogens with zero attached hydrogens (tertiary/aromatic N) is 2. The highest BCUT2D eigenvalue weighted by molar-refractivity contribution is 5.92. The van der Waals surface area contributed by atoms with Gasteiger partial charge in [0.1, 0.15) is 11.5 Å². The van der Waals surface area contributed by atoms with Gasteiger partial charge < -0.3 is 11.1 Å². The minimum absolute atomic E-state index is 0. The highest BCUT2D eigenvalue weighted by atomic mass is 35.5. The van der Waals surface area contributed by atoms with E-state index in [0.717, 1.165) is 30.4 Å². The van der Waals surface area contributed by atoms with Crippen LogP contribution in [-0.4, -0.2) is 27.8 Å². The average molecular weight is 407 g/mol. The zero-order valence-corrected chi connectivity index (χ0v) is 16.2. The van der Waals surface area contributed by atoms with E-state index in [2.05, 4.69) is 10.4 Å². The minimum Gasteiger partial charge on any atom is -0.347 e. The van der Waals surface area contributed by atoms with Crippen LogP contribution in [0.25, 0.3) is 5.69 Å². The van der Waals surface area contributed by atoms with E-state index in [1.165, 1.54) is 42.8 Å². The van der Waals surface area contributed by atoms with Crippen LogP contribution in [0.4, 0.5) is 4.39 Å². The lowest BCUT2D eigenvalue weighted by Crippen LogP contribution is -2.53. The normalized spacial score (nSPS) is 26.2. The molecule has 2 saturated carbocycles. The Balaban J connectivity index is 0.00000225. The van der Waals surface area contributed by atoms with E-state index in [-0.39, 0.29) is 41.7 Å². The van der Waals surface area contributed by atoms with Crippen LogP contribution in [0.1, 0.15) is 42.6 Å². The zero-order chi connectivity index (χ0) is 19.0. The number of rotatable bonds is 3. The van der Waals surface area contributed by atoms with Crippen LogP contribution in [0.2, 0.25) is 0 Å². The van der Waals surface area contributed by atoms with Gasteiger partial charge in [-0.15, -0.1) is 12.4 Å². The summed E-state index contributed by atoms with van der Waals surface area (Å²) in [7, 11) is 0. The second-order valence-electron chi connectivity index (χ2n) is 7.63. The third kappa shape index (κ3) is 4.10. The van der Waals surface area contributed by atoms with Crippen LogP contribution in [-0.2, 0) is 0 Å². The second-order valence-corrected chi connectivity index (χ2v) is 7.63. The number of halogens is 2. The fraction of sp³-hybridized carbons (Fsp3) is 0.450. The molecule has 150 valence electrons. The van der Waals surface area contributed by atoms with Crippen molar-refractivity contribution in [3.05, 3.63) is 58.3 Å². The molecule has 0 radical (unpaired) electrons. The number of fused-ring (bicyclic) bond motifs is 2.